The van der Waals surface area contributed by atoms with Crippen LogP contribution in [0.15, 0.2) is 36.0 Å². The summed E-state index contributed by atoms with van der Waals surface area (Å²) in [7, 11) is 0. The Balaban J connectivity index is 4.29. The summed E-state index contributed by atoms with van der Waals surface area (Å²) < 4.78 is 0. The highest BCUT2D eigenvalue weighted by Gasteiger charge is 2.01. The summed E-state index contributed by atoms with van der Waals surface area (Å²) in [5, 5.41) is 0. The van der Waals surface area contributed by atoms with E-state index in [0.29, 0.717) is 5.92 Å². The van der Waals surface area contributed by atoms with Crippen molar-refractivity contribution in [1.29, 1.82) is 0 Å². The SMILES string of the molecule is C=C(/C=C\C(=C/C)CC(C)CC)C(C)C. The Kier molecular flexibility index (Phi) is 7.11. The van der Waals surface area contributed by atoms with Gasteiger partial charge in [-0.25, -0.2) is 0 Å². The lowest BCUT2D eigenvalue weighted by Gasteiger charge is -2.09. The van der Waals surface area contributed by atoms with Gasteiger partial charge in [0.15, 0.2) is 0 Å². The molecule has 1 atom stereocenters. The molecule has 0 amide bonds. The molecule has 0 saturated carbocycles. The molecule has 86 valence electrons. The van der Waals surface area contributed by atoms with E-state index < -0.39 is 0 Å². The van der Waals surface area contributed by atoms with E-state index in [1.54, 1.807) is 0 Å². The van der Waals surface area contributed by atoms with Gasteiger partial charge in [-0.2, -0.15) is 0 Å². The lowest BCUT2D eigenvalue weighted by molar-refractivity contribution is 0.562. The third-order valence-corrected chi connectivity index (χ3v) is 2.90. The highest BCUT2D eigenvalue weighted by Crippen LogP contribution is 2.17. The van der Waals surface area contributed by atoms with Crippen LogP contribution in [0.3, 0.4) is 0 Å². The minimum Gasteiger partial charge on any atom is -0.0956 e. The van der Waals surface area contributed by atoms with E-state index in [1.807, 2.05) is 0 Å². The standard InChI is InChI=1S/C15H26/c1-7-13(5)11-15(8-2)10-9-14(6)12(3)4/h8-10,12-13H,6-7,11H2,1-5H3/b10-9-,15-8+. The first-order chi connectivity index (χ1) is 7.01. The lowest BCUT2D eigenvalue weighted by atomic mass is 9.97. The van der Waals surface area contributed by atoms with E-state index in [4.69, 9.17) is 0 Å². The molecule has 0 fully saturated rings. The zero-order chi connectivity index (χ0) is 11.8. The molecule has 0 heteroatoms. The van der Waals surface area contributed by atoms with Crippen molar-refractivity contribution >= 4 is 0 Å². The second-order valence-electron chi connectivity index (χ2n) is 4.64. The first-order valence-electron chi connectivity index (χ1n) is 6.03. The van der Waals surface area contributed by atoms with Crippen molar-refractivity contribution in [2.24, 2.45) is 11.8 Å². The minimum absolute atomic E-state index is 0.544. The molecular formula is C15H26. The Morgan fingerprint density at radius 2 is 1.80 bits per heavy atom. The fraction of sp³-hybridized carbons (Fsp3) is 0.600. The molecule has 0 spiro atoms. The fourth-order valence-corrected chi connectivity index (χ4v) is 1.24. The van der Waals surface area contributed by atoms with E-state index >= 15 is 0 Å². The molecule has 0 N–H and O–H groups in total. The molecular weight excluding hydrogens is 180 g/mol. The summed E-state index contributed by atoms with van der Waals surface area (Å²) in [4.78, 5) is 0. The average Bonchev–Trinajstić information content (AvgIpc) is 2.22. The van der Waals surface area contributed by atoms with Crippen molar-refractivity contribution in [3.8, 4) is 0 Å². The van der Waals surface area contributed by atoms with Crippen LogP contribution in [0, 0.1) is 11.8 Å². The molecule has 0 heterocycles. The third-order valence-electron chi connectivity index (χ3n) is 2.90. The molecule has 0 aliphatic heterocycles. The largest absolute Gasteiger partial charge is 0.0956 e. The smallest absolute Gasteiger partial charge is 0.0225 e. The molecule has 0 radical (unpaired) electrons. The molecule has 0 bridgehead atoms. The second-order valence-corrected chi connectivity index (χ2v) is 4.64. The van der Waals surface area contributed by atoms with Gasteiger partial charge in [-0.15, -0.1) is 0 Å². The van der Waals surface area contributed by atoms with Gasteiger partial charge in [0.25, 0.3) is 0 Å². The van der Waals surface area contributed by atoms with Gasteiger partial charge in [0, 0.05) is 0 Å². The van der Waals surface area contributed by atoms with Gasteiger partial charge in [-0.05, 0) is 25.2 Å². The summed E-state index contributed by atoms with van der Waals surface area (Å²) in [6.07, 6.45) is 9.00. The van der Waals surface area contributed by atoms with E-state index in [9.17, 15) is 0 Å². The first kappa shape index (κ1) is 14.2. The maximum absolute atomic E-state index is 4.05. The maximum atomic E-state index is 4.05. The van der Waals surface area contributed by atoms with Crippen molar-refractivity contribution in [2.75, 3.05) is 0 Å². The van der Waals surface area contributed by atoms with Gasteiger partial charge < -0.3 is 0 Å². The Morgan fingerprint density at radius 1 is 1.20 bits per heavy atom. The van der Waals surface area contributed by atoms with E-state index in [-0.39, 0.29) is 0 Å². The van der Waals surface area contributed by atoms with Crippen molar-refractivity contribution in [3.63, 3.8) is 0 Å². The maximum Gasteiger partial charge on any atom is -0.0225 e. The van der Waals surface area contributed by atoms with E-state index in [1.165, 1.54) is 24.0 Å². The molecule has 0 rings (SSSR count). The Bertz CT molecular complexity index is 241. The summed E-state index contributed by atoms with van der Waals surface area (Å²) >= 11 is 0. The van der Waals surface area contributed by atoms with Gasteiger partial charge in [0.05, 0.1) is 0 Å². The van der Waals surface area contributed by atoms with Gasteiger partial charge in [-0.3, -0.25) is 0 Å². The normalized spacial score (nSPS) is 14.9. The van der Waals surface area contributed by atoms with Crippen LogP contribution in [0.4, 0.5) is 0 Å². The van der Waals surface area contributed by atoms with Gasteiger partial charge in [0.1, 0.15) is 0 Å². The predicted octanol–water partition coefficient (Wildman–Crippen LogP) is 5.14. The Labute approximate surface area is 95.8 Å². The van der Waals surface area contributed by atoms with Crippen LogP contribution in [-0.4, -0.2) is 0 Å². The van der Waals surface area contributed by atoms with Crippen LogP contribution in [0.5, 0.6) is 0 Å². The van der Waals surface area contributed by atoms with Crippen molar-refractivity contribution in [2.45, 2.75) is 47.5 Å². The quantitative estimate of drug-likeness (QED) is 0.528. The fourth-order valence-electron chi connectivity index (χ4n) is 1.24. The number of hydrogen-bond acceptors (Lipinski definition) is 0. The Morgan fingerprint density at radius 3 is 2.20 bits per heavy atom. The van der Waals surface area contributed by atoms with Crippen molar-refractivity contribution < 1.29 is 0 Å². The van der Waals surface area contributed by atoms with Gasteiger partial charge >= 0.3 is 0 Å². The van der Waals surface area contributed by atoms with Crippen LogP contribution < -0.4 is 0 Å². The van der Waals surface area contributed by atoms with Crippen molar-refractivity contribution in [3.05, 3.63) is 36.0 Å². The van der Waals surface area contributed by atoms with E-state index in [0.717, 1.165) is 5.92 Å². The zero-order valence-corrected chi connectivity index (χ0v) is 11.0. The van der Waals surface area contributed by atoms with Gasteiger partial charge in [-0.1, -0.05) is 70.1 Å². The molecule has 0 aliphatic carbocycles. The highest BCUT2D eigenvalue weighted by molar-refractivity contribution is 5.27. The van der Waals surface area contributed by atoms with Crippen LogP contribution in [-0.2, 0) is 0 Å². The number of hydrogen-bond donors (Lipinski definition) is 0. The predicted molar refractivity (Wildman–Crippen MR) is 70.9 cm³/mol. The van der Waals surface area contributed by atoms with Crippen LogP contribution >= 0.6 is 0 Å². The molecule has 0 nitrogen and oxygen atoms in total. The first-order valence-corrected chi connectivity index (χ1v) is 6.03. The zero-order valence-electron chi connectivity index (χ0n) is 11.0. The van der Waals surface area contributed by atoms with Crippen molar-refractivity contribution in [1.82, 2.24) is 0 Å². The molecule has 0 aromatic rings. The summed E-state index contributed by atoms with van der Waals surface area (Å²) in [6, 6.07) is 0. The highest BCUT2D eigenvalue weighted by atomic mass is 14.1. The van der Waals surface area contributed by atoms with Crippen LogP contribution in [0.1, 0.15) is 47.5 Å². The minimum atomic E-state index is 0.544. The van der Waals surface area contributed by atoms with Crippen LogP contribution in [0.2, 0.25) is 0 Å². The molecule has 0 aromatic carbocycles. The Hall–Kier alpha value is -0.780. The topological polar surface area (TPSA) is 0 Å². The lowest BCUT2D eigenvalue weighted by Crippen LogP contribution is -1.94. The molecule has 1 unspecified atom stereocenters. The number of allylic oxidation sites excluding steroid dienone is 5. The molecule has 0 aromatic heterocycles. The molecule has 0 saturated heterocycles. The number of rotatable bonds is 6. The summed E-state index contributed by atoms with van der Waals surface area (Å²) in [5.74, 6) is 1.32. The summed E-state index contributed by atoms with van der Waals surface area (Å²) in [6.45, 7) is 15.1. The van der Waals surface area contributed by atoms with Crippen LogP contribution in [0.25, 0.3) is 0 Å². The third kappa shape index (κ3) is 6.33. The molecule has 0 aliphatic rings. The second kappa shape index (κ2) is 7.50. The summed E-state index contributed by atoms with van der Waals surface area (Å²) in [5.41, 5.74) is 2.63. The van der Waals surface area contributed by atoms with Gasteiger partial charge in [0.2, 0.25) is 0 Å². The van der Waals surface area contributed by atoms with E-state index in [2.05, 4.69) is 59.4 Å². The monoisotopic (exact) mass is 206 g/mol. The average molecular weight is 206 g/mol. The molecule has 15 heavy (non-hydrogen) atoms.